The third-order valence-corrected chi connectivity index (χ3v) is 4.95. The van der Waals surface area contributed by atoms with Crippen LogP contribution < -0.4 is 14.5 Å². The Hall–Kier alpha value is -3.75. The number of carbonyl (C=O) groups is 1. The summed E-state index contributed by atoms with van der Waals surface area (Å²) in [4.78, 5) is 37.4. The van der Waals surface area contributed by atoms with Gasteiger partial charge in [0.1, 0.15) is 12.8 Å². The first kappa shape index (κ1) is 22.4. The number of nitrogens with zero attached hydrogens (tertiary/aromatic N) is 5. The Bertz CT molecular complexity index is 1010. The monoisotopic (exact) mass is 473 g/mol. The second kappa shape index (κ2) is 9.01. The van der Waals surface area contributed by atoms with Gasteiger partial charge >= 0.3 is 24.3 Å². The summed E-state index contributed by atoms with van der Waals surface area (Å²) in [6, 6.07) is 5.97. The Morgan fingerprint density at radius 1 is 1.18 bits per heavy atom. The van der Waals surface area contributed by atoms with Gasteiger partial charge in [0.2, 0.25) is 0 Å². The fourth-order valence-corrected chi connectivity index (χ4v) is 3.40. The first-order valence-electron chi connectivity index (χ1n) is 9.75. The molecule has 3 heterocycles. The molecule has 2 aliphatic rings. The van der Waals surface area contributed by atoms with Crippen LogP contribution in [0, 0.1) is 10.1 Å². The number of aromatic nitrogens is 2. The highest BCUT2D eigenvalue weighted by molar-refractivity contribution is 5.68. The molecule has 1 saturated heterocycles. The zero-order chi connectivity index (χ0) is 23.6. The highest BCUT2D eigenvalue weighted by Gasteiger charge is 2.33. The smallest absolute Gasteiger partial charge is 0.442 e. The van der Waals surface area contributed by atoms with Gasteiger partial charge < -0.3 is 34.3 Å². The number of hydrogen-bond acceptors (Lipinski definition) is 9. The van der Waals surface area contributed by atoms with Crippen LogP contribution in [-0.2, 0) is 16.2 Å². The van der Waals surface area contributed by atoms with Gasteiger partial charge in [-0.25, -0.2) is 4.79 Å². The van der Waals surface area contributed by atoms with Crippen molar-refractivity contribution in [3.63, 3.8) is 0 Å². The molecule has 0 spiro atoms. The third kappa shape index (κ3) is 5.54. The molecule has 0 bridgehead atoms. The first-order chi connectivity index (χ1) is 15.7. The zero-order valence-corrected chi connectivity index (χ0v) is 16.9. The van der Waals surface area contributed by atoms with Crippen molar-refractivity contribution in [1.29, 1.82) is 0 Å². The summed E-state index contributed by atoms with van der Waals surface area (Å²) in [5, 5.41) is 10.8. The van der Waals surface area contributed by atoms with Gasteiger partial charge in [-0.15, -0.1) is 13.2 Å². The lowest BCUT2D eigenvalue weighted by Crippen LogP contribution is -2.50. The molecule has 0 radical (unpaired) electrons. The second-order valence-corrected chi connectivity index (χ2v) is 7.19. The molecule has 0 aliphatic carbocycles. The minimum atomic E-state index is -4.90. The average Bonchev–Trinajstić information content (AvgIpc) is 3.22. The van der Waals surface area contributed by atoms with Crippen LogP contribution in [0.2, 0.25) is 0 Å². The summed E-state index contributed by atoms with van der Waals surface area (Å²) >= 11 is 0. The van der Waals surface area contributed by atoms with Crippen molar-refractivity contribution in [2.24, 2.45) is 0 Å². The van der Waals surface area contributed by atoms with Crippen LogP contribution in [0.1, 0.15) is 0 Å². The van der Waals surface area contributed by atoms with Gasteiger partial charge in [-0.2, -0.15) is 0 Å². The van der Waals surface area contributed by atoms with Gasteiger partial charge in [0.05, 0.1) is 6.54 Å². The number of piperazine rings is 1. The minimum Gasteiger partial charge on any atom is -0.442 e. The Kier molecular flexibility index (Phi) is 6.13. The maximum Gasteiger partial charge on any atom is 0.558 e. The number of carbonyl (C=O) groups excluding carboxylic acids is 1. The quantitative estimate of drug-likeness (QED) is 0.366. The Morgan fingerprint density at radius 2 is 1.88 bits per heavy atom. The number of ether oxygens (including phenoxy) is 2. The van der Waals surface area contributed by atoms with Crippen LogP contribution in [0.25, 0.3) is 0 Å². The van der Waals surface area contributed by atoms with Crippen molar-refractivity contribution in [2.75, 3.05) is 37.7 Å². The van der Waals surface area contributed by atoms with Crippen LogP contribution in [0.15, 0.2) is 30.5 Å². The normalized spacial score (nSPS) is 18.3. The molecule has 178 valence electrons. The van der Waals surface area contributed by atoms with Gasteiger partial charge in [-0.1, -0.05) is 4.89 Å². The molecule has 12 nitrogen and oxygen atoms in total. The maximum atomic E-state index is 12.5. The van der Waals surface area contributed by atoms with E-state index in [0.717, 1.165) is 5.69 Å². The van der Waals surface area contributed by atoms with Crippen molar-refractivity contribution in [1.82, 2.24) is 14.5 Å². The van der Waals surface area contributed by atoms with E-state index < -0.39 is 23.5 Å². The molecule has 1 fully saturated rings. The van der Waals surface area contributed by atoms with Gasteiger partial charge in [0, 0.05) is 36.9 Å². The summed E-state index contributed by atoms with van der Waals surface area (Å²) < 4.78 is 48.3. The standard InChI is InChI=1S/C18H18F3N5O7/c19-18(20,21)33-32-13-3-1-12(2-4-13)23-5-7-24(8-6-23)17(27)31-14-9-25-10-15(26(28)29)22-16(25)30-11-14/h1-4,10,14H,5-9,11H2/t14-/m0/s1. The van der Waals surface area contributed by atoms with Gasteiger partial charge in [0.25, 0.3) is 0 Å². The first-order valence-corrected chi connectivity index (χ1v) is 9.75. The van der Waals surface area contributed by atoms with Crippen molar-refractivity contribution in [3.05, 3.63) is 40.6 Å². The van der Waals surface area contributed by atoms with Gasteiger partial charge in [-0.05, 0) is 29.2 Å². The van der Waals surface area contributed by atoms with E-state index in [0.29, 0.717) is 26.2 Å². The summed E-state index contributed by atoms with van der Waals surface area (Å²) in [7, 11) is 0. The van der Waals surface area contributed by atoms with Crippen molar-refractivity contribution < 1.29 is 42.1 Å². The lowest BCUT2D eigenvalue weighted by atomic mass is 10.2. The SMILES string of the molecule is O=C(O[C@@H]1COc2nc([N+](=O)[O-])cn2C1)N1CCN(c2ccc(OOC(F)(F)F)cc2)CC1. The molecule has 0 N–H and O–H groups in total. The molecular formula is C18H18F3N5O7. The largest absolute Gasteiger partial charge is 0.558 e. The summed E-state index contributed by atoms with van der Waals surface area (Å²) in [5.74, 6) is -0.444. The van der Waals surface area contributed by atoms with E-state index in [2.05, 4.69) is 14.8 Å². The average molecular weight is 473 g/mol. The molecule has 0 saturated carbocycles. The van der Waals surface area contributed by atoms with E-state index in [1.165, 1.54) is 27.8 Å². The molecule has 15 heteroatoms. The Morgan fingerprint density at radius 3 is 2.52 bits per heavy atom. The maximum absolute atomic E-state index is 12.5. The number of imidazole rings is 1. The Labute approximate surface area is 184 Å². The molecule has 33 heavy (non-hydrogen) atoms. The molecule has 1 atom stereocenters. The van der Waals surface area contributed by atoms with Gasteiger partial charge in [0.15, 0.2) is 11.9 Å². The number of halogens is 3. The topological polar surface area (TPSA) is 121 Å². The summed E-state index contributed by atoms with van der Waals surface area (Å²) in [6.07, 6.45) is -4.83. The van der Waals surface area contributed by atoms with Crippen LogP contribution in [-0.4, -0.2) is 70.7 Å². The molecule has 4 rings (SSSR count). The fraction of sp³-hybridized carbons (Fsp3) is 0.444. The lowest BCUT2D eigenvalue weighted by Gasteiger charge is -2.36. The number of fused-ring (bicyclic) bond motifs is 1. The number of nitro groups is 1. The molecule has 1 aromatic heterocycles. The van der Waals surface area contributed by atoms with E-state index >= 15 is 0 Å². The summed E-state index contributed by atoms with van der Waals surface area (Å²) in [6.45, 7) is 1.91. The van der Waals surface area contributed by atoms with Crippen LogP contribution in [0.3, 0.4) is 0 Å². The van der Waals surface area contributed by atoms with Crippen molar-refractivity contribution in [2.45, 2.75) is 19.0 Å². The fourth-order valence-electron chi connectivity index (χ4n) is 3.40. The van der Waals surface area contributed by atoms with Crippen LogP contribution in [0.4, 0.5) is 29.5 Å². The van der Waals surface area contributed by atoms with E-state index in [1.54, 1.807) is 12.1 Å². The van der Waals surface area contributed by atoms with E-state index in [-0.39, 0.29) is 30.7 Å². The minimum absolute atomic E-state index is 0.0341. The molecule has 2 aromatic rings. The van der Waals surface area contributed by atoms with Crippen LogP contribution in [0.5, 0.6) is 11.8 Å². The zero-order valence-electron chi connectivity index (χ0n) is 16.9. The highest BCUT2D eigenvalue weighted by Crippen LogP contribution is 2.25. The number of rotatable bonds is 5. The number of benzene rings is 1. The highest BCUT2D eigenvalue weighted by atomic mass is 19.4. The Balaban J connectivity index is 1.25. The number of anilines is 1. The van der Waals surface area contributed by atoms with Gasteiger partial charge in [-0.3, -0.25) is 4.57 Å². The number of hydrogen-bond donors (Lipinski definition) is 0. The van der Waals surface area contributed by atoms with Crippen molar-refractivity contribution >= 4 is 17.6 Å². The molecule has 1 amide bonds. The number of alkyl halides is 3. The molecule has 2 aliphatic heterocycles. The van der Waals surface area contributed by atoms with Crippen molar-refractivity contribution in [3.8, 4) is 11.8 Å². The third-order valence-electron chi connectivity index (χ3n) is 4.95. The van der Waals surface area contributed by atoms with Crippen LogP contribution >= 0.6 is 0 Å². The second-order valence-electron chi connectivity index (χ2n) is 7.19. The predicted molar refractivity (Wildman–Crippen MR) is 103 cm³/mol. The lowest BCUT2D eigenvalue weighted by molar-refractivity contribution is -0.444. The number of amides is 1. The van der Waals surface area contributed by atoms with E-state index in [4.69, 9.17) is 9.47 Å². The molecule has 1 aromatic carbocycles. The van der Waals surface area contributed by atoms with E-state index in [9.17, 15) is 28.1 Å². The molecule has 0 unspecified atom stereocenters. The van der Waals surface area contributed by atoms with E-state index in [1.807, 2.05) is 4.90 Å². The molecular weight excluding hydrogens is 455 g/mol. The summed E-state index contributed by atoms with van der Waals surface area (Å²) in [5.41, 5.74) is 0.747. The predicted octanol–water partition coefficient (Wildman–Crippen LogP) is 2.34.